The molecule has 4 rings (SSSR count). The van der Waals surface area contributed by atoms with Gasteiger partial charge in [0, 0.05) is 23.2 Å². The molecule has 6 heteroatoms. The molecule has 1 aliphatic rings. The normalized spacial score (nSPS) is 15.3. The largest absolute Gasteiger partial charge is 0.493 e. The monoisotopic (exact) mass is 378 g/mol. The van der Waals surface area contributed by atoms with Crippen molar-refractivity contribution in [3.05, 3.63) is 82.0 Å². The van der Waals surface area contributed by atoms with E-state index in [-0.39, 0.29) is 17.9 Å². The Hall–Kier alpha value is -3.12. The van der Waals surface area contributed by atoms with E-state index >= 15 is 0 Å². The molecular weight excluding hydrogens is 360 g/mol. The van der Waals surface area contributed by atoms with Crippen LogP contribution >= 0.6 is 11.3 Å². The van der Waals surface area contributed by atoms with Gasteiger partial charge in [-0.15, -0.1) is 11.3 Å². The summed E-state index contributed by atoms with van der Waals surface area (Å²) < 4.78 is 5.64. The molecule has 0 fully saturated rings. The van der Waals surface area contributed by atoms with Gasteiger partial charge in [-0.05, 0) is 35.7 Å². The van der Waals surface area contributed by atoms with E-state index in [1.54, 1.807) is 30.3 Å². The highest BCUT2D eigenvalue weighted by Crippen LogP contribution is 2.31. The molecule has 0 saturated heterocycles. The Balaban J connectivity index is 1.48. The molecule has 136 valence electrons. The Kier molecular flexibility index (Phi) is 4.89. The van der Waals surface area contributed by atoms with Crippen molar-refractivity contribution in [3.63, 3.8) is 0 Å². The number of fused-ring (bicyclic) bond motifs is 1. The Morgan fingerprint density at radius 2 is 1.89 bits per heavy atom. The van der Waals surface area contributed by atoms with Crippen LogP contribution in [0.25, 0.3) is 0 Å². The summed E-state index contributed by atoms with van der Waals surface area (Å²) in [6.45, 7) is 0.568. The summed E-state index contributed by atoms with van der Waals surface area (Å²) in [4.78, 5) is 25.6. The predicted octanol–water partition coefficient (Wildman–Crippen LogP) is 4.25. The minimum Gasteiger partial charge on any atom is -0.493 e. The fraction of sp³-hybridized carbons (Fsp3) is 0.143. The van der Waals surface area contributed by atoms with Crippen LogP contribution in [0.15, 0.2) is 66.0 Å². The third-order valence-corrected chi connectivity index (χ3v) is 5.26. The number of hydrogen-bond acceptors (Lipinski definition) is 4. The first-order chi connectivity index (χ1) is 13.2. The van der Waals surface area contributed by atoms with Gasteiger partial charge in [-0.25, -0.2) is 0 Å². The molecule has 2 amide bonds. The minimum atomic E-state index is -0.180. The molecule has 1 aliphatic heterocycles. The minimum absolute atomic E-state index is 0.0909. The second-order valence-electron chi connectivity index (χ2n) is 6.21. The van der Waals surface area contributed by atoms with Crippen LogP contribution < -0.4 is 15.4 Å². The molecule has 3 aromatic rings. The lowest BCUT2D eigenvalue weighted by Crippen LogP contribution is -2.32. The number of para-hydroxylation sites is 1. The Labute approximate surface area is 161 Å². The number of benzene rings is 2. The third-order valence-electron chi connectivity index (χ3n) is 4.39. The zero-order valence-corrected chi connectivity index (χ0v) is 15.3. The first-order valence-corrected chi connectivity index (χ1v) is 9.56. The van der Waals surface area contributed by atoms with Crippen molar-refractivity contribution in [3.8, 4) is 5.75 Å². The van der Waals surface area contributed by atoms with Crippen molar-refractivity contribution >= 4 is 28.8 Å². The zero-order valence-electron chi connectivity index (χ0n) is 14.5. The summed E-state index contributed by atoms with van der Waals surface area (Å²) in [5, 5.41) is 7.75. The Bertz CT molecular complexity index is 969. The van der Waals surface area contributed by atoms with Gasteiger partial charge in [0.15, 0.2) is 0 Å². The highest BCUT2D eigenvalue weighted by Gasteiger charge is 2.23. The average Bonchev–Trinajstić information content (AvgIpc) is 3.23. The standard InChI is InChI=1S/C21H18N2O3S/c24-20(23-17-10-11-26-18-8-2-1-7-16(17)18)14-5-3-6-15(13-14)22-21(25)19-9-4-12-27-19/h1-9,12-13,17H,10-11H2,(H,22,25)(H,23,24)/t17-/m0/s1. The number of carbonyl (C=O) groups excluding carboxylic acids is 2. The molecule has 1 atom stereocenters. The summed E-state index contributed by atoms with van der Waals surface area (Å²) in [7, 11) is 0. The number of anilines is 1. The average molecular weight is 378 g/mol. The van der Waals surface area contributed by atoms with Crippen LogP contribution in [0, 0.1) is 0 Å². The van der Waals surface area contributed by atoms with Crippen LogP contribution in [-0.2, 0) is 0 Å². The molecule has 0 spiro atoms. The van der Waals surface area contributed by atoms with Crippen molar-refractivity contribution in [2.24, 2.45) is 0 Å². The van der Waals surface area contributed by atoms with Gasteiger partial charge in [0.25, 0.3) is 11.8 Å². The molecule has 2 aromatic carbocycles. The maximum Gasteiger partial charge on any atom is 0.265 e. The number of carbonyl (C=O) groups is 2. The van der Waals surface area contributed by atoms with Gasteiger partial charge in [-0.1, -0.05) is 30.3 Å². The SMILES string of the molecule is O=C(N[C@H]1CCOc2ccccc21)c1cccc(NC(=O)c2cccs2)c1. The molecule has 1 aromatic heterocycles. The van der Waals surface area contributed by atoms with Gasteiger partial charge in [0.1, 0.15) is 5.75 Å². The number of ether oxygens (including phenoxy) is 1. The molecule has 0 saturated carbocycles. The first kappa shape index (κ1) is 17.3. The molecule has 2 N–H and O–H groups in total. The van der Waals surface area contributed by atoms with E-state index in [9.17, 15) is 9.59 Å². The maximum absolute atomic E-state index is 12.7. The highest BCUT2D eigenvalue weighted by molar-refractivity contribution is 7.12. The van der Waals surface area contributed by atoms with Crippen molar-refractivity contribution in [2.75, 3.05) is 11.9 Å². The molecular formula is C21H18N2O3S. The second kappa shape index (κ2) is 7.63. The van der Waals surface area contributed by atoms with Crippen molar-refractivity contribution < 1.29 is 14.3 Å². The molecule has 0 bridgehead atoms. The van der Waals surface area contributed by atoms with E-state index in [1.807, 2.05) is 35.7 Å². The zero-order chi connectivity index (χ0) is 18.6. The fourth-order valence-electron chi connectivity index (χ4n) is 3.07. The van der Waals surface area contributed by atoms with Crippen molar-refractivity contribution in [2.45, 2.75) is 12.5 Å². The Morgan fingerprint density at radius 1 is 1.00 bits per heavy atom. The summed E-state index contributed by atoms with van der Waals surface area (Å²) in [6.07, 6.45) is 0.720. The van der Waals surface area contributed by atoms with Crippen LogP contribution in [0.3, 0.4) is 0 Å². The maximum atomic E-state index is 12.7. The summed E-state index contributed by atoms with van der Waals surface area (Å²) in [6, 6.07) is 18.2. The summed E-state index contributed by atoms with van der Waals surface area (Å²) in [5.74, 6) is 0.454. The van der Waals surface area contributed by atoms with Gasteiger partial charge in [0.05, 0.1) is 17.5 Å². The van der Waals surface area contributed by atoms with Crippen LogP contribution in [-0.4, -0.2) is 18.4 Å². The lowest BCUT2D eigenvalue weighted by molar-refractivity contribution is 0.0923. The lowest BCUT2D eigenvalue weighted by atomic mass is 10.00. The number of rotatable bonds is 4. The number of hydrogen-bond donors (Lipinski definition) is 2. The molecule has 27 heavy (non-hydrogen) atoms. The molecule has 0 radical (unpaired) electrons. The predicted molar refractivity (Wildman–Crippen MR) is 105 cm³/mol. The Morgan fingerprint density at radius 3 is 2.74 bits per heavy atom. The summed E-state index contributed by atoms with van der Waals surface area (Å²) >= 11 is 1.37. The smallest absolute Gasteiger partial charge is 0.265 e. The number of amides is 2. The molecule has 5 nitrogen and oxygen atoms in total. The van der Waals surface area contributed by atoms with Crippen LogP contribution in [0.1, 0.15) is 38.1 Å². The third kappa shape index (κ3) is 3.85. The van der Waals surface area contributed by atoms with Crippen LogP contribution in [0.5, 0.6) is 5.75 Å². The van der Waals surface area contributed by atoms with Crippen molar-refractivity contribution in [1.82, 2.24) is 5.32 Å². The van der Waals surface area contributed by atoms with Gasteiger partial charge >= 0.3 is 0 Å². The van der Waals surface area contributed by atoms with E-state index in [0.717, 1.165) is 17.7 Å². The fourth-order valence-corrected chi connectivity index (χ4v) is 3.69. The van der Waals surface area contributed by atoms with Gasteiger partial charge in [-0.3, -0.25) is 9.59 Å². The van der Waals surface area contributed by atoms with E-state index in [1.165, 1.54) is 11.3 Å². The van der Waals surface area contributed by atoms with Gasteiger partial charge < -0.3 is 15.4 Å². The molecule has 2 heterocycles. The van der Waals surface area contributed by atoms with E-state index < -0.39 is 0 Å². The highest BCUT2D eigenvalue weighted by atomic mass is 32.1. The van der Waals surface area contributed by atoms with Crippen LogP contribution in [0.4, 0.5) is 5.69 Å². The molecule has 0 aliphatic carbocycles. The van der Waals surface area contributed by atoms with Crippen molar-refractivity contribution in [1.29, 1.82) is 0 Å². The lowest BCUT2D eigenvalue weighted by Gasteiger charge is -2.26. The number of nitrogens with one attached hydrogen (secondary N) is 2. The topological polar surface area (TPSA) is 67.4 Å². The number of thiophene rings is 1. The second-order valence-corrected chi connectivity index (χ2v) is 7.16. The van der Waals surface area contributed by atoms with E-state index in [4.69, 9.17) is 4.74 Å². The van der Waals surface area contributed by atoms with Gasteiger partial charge in [0.2, 0.25) is 0 Å². The summed E-state index contributed by atoms with van der Waals surface area (Å²) in [5.41, 5.74) is 2.08. The van der Waals surface area contributed by atoms with E-state index in [2.05, 4.69) is 10.6 Å². The van der Waals surface area contributed by atoms with Crippen LogP contribution in [0.2, 0.25) is 0 Å². The molecule has 0 unspecified atom stereocenters. The first-order valence-electron chi connectivity index (χ1n) is 8.68. The quantitative estimate of drug-likeness (QED) is 0.713. The van der Waals surface area contributed by atoms with Gasteiger partial charge in [-0.2, -0.15) is 0 Å². The van der Waals surface area contributed by atoms with E-state index in [0.29, 0.717) is 22.7 Å².